The van der Waals surface area contributed by atoms with Crippen molar-refractivity contribution in [3.63, 3.8) is 0 Å². The molecule has 0 radical (unpaired) electrons. The molecule has 9 heteroatoms. The van der Waals surface area contributed by atoms with E-state index in [0.29, 0.717) is 29.0 Å². The van der Waals surface area contributed by atoms with Crippen molar-refractivity contribution < 1.29 is 23.1 Å². The van der Waals surface area contributed by atoms with Crippen LogP contribution in [0.5, 0.6) is 0 Å². The number of carboxylic acids is 1. The van der Waals surface area contributed by atoms with Crippen LogP contribution in [-0.2, 0) is 19.6 Å². The molecule has 0 bridgehead atoms. The van der Waals surface area contributed by atoms with Crippen molar-refractivity contribution in [2.75, 3.05) is 13.1 Å². The molecule has 7 nitrogen and oxygen atoms in total. The van der Waals surface area contributed by atoms with Gasteiger partial charge in [0, 0.05) is 11.6 Å². The summed E-state index contributed by atoms with van der Waals surface area (Å²) in [4.78, 5) is 22.8. The van der Waals surface area contributed by atoms with Crippen molar-refractivity contribution in [1.82, 2.24) is 9.62 Å². The van der Waals surface area contributed by atoms with E-state index in [0.717, 1.165) is 4.31 Å². The van der Waals surface area contributed by atoms with Crippen LogP contribution in [0.1, 0.15) is 24.0 Å². The van der Waals surface area contributed by atoms with E-state index < -0.39 is 34.5 Å². The van der Waals surface area contributed by atoms with Crippen LogP contribution in [0.3, 0.4) is 0 Å². The first-order valence-electron chi connectivity index (χ1n) is 7.42. The quantitative estimate of drug-likeness (QED) is 0.808. The molecule has 24 heavy (non-hydrogen) atoms. The van der Waals surface area contributed by atoms with Gasteiger partial charge in [-0.2, -0.15) is 4.31 Å². The van der Waals surface area contributed by atoms with Gasteiger partial charge in [0.2, 0.25) is 15.9 Å². The molecule has 0 aliphatic carbocycles. The standard InChI is InChI=1S/C15H19ClN2O5S/c1-9-7-13(10(2)6-11(9)16)24(22,23)18-5-3-4-12(18)15(21)17-8-14(19)20/h6-7,12H,3-5,8H2,1-2H3,(H,17,21)(H,19,20). The van der Waals surface area contributed by atoms with Gasteiger partial charge in [-0.3, -0.25) is 9.59 Å². The molecule has 1 aromatic carbocycles. The Morgan fingerprint density at radius 1 is 1.33 bits per heavy atom. The third-order valence-electron chi connectivity index (χ3n) is 3.96. The van der Waals surface area contributed by atoms with Crippen molar-refractivity contribution in [2.24, 2.45) is 0 Å². The summed E-state index contributed by atoms with van der Waals surface area (Å²) in [6.07, 6.45) is 0.895. The van der Waals surface area contributed by atoms with Gasteiger partial charge >= 0.3 is 5.97 Å². The van der Waals surface area contributed by atoms with Gasteiger partial charge in [-0.1, -0.05) is 11.6 Å². The maximum Gasteiger partial charge on any atom is 0.322 e. The van der Waals surface area contributed by atoms with Crippen LogP contribution in [0.4, 0.5) is 0 Å². The molecule has 1 fully saturated rings. The van der Waals surface area contributed by atoms with Gasteiger partial charge in [0.05, 0.1) is 4.90 Å². The van der Waals surface area contributed by atoms with Gasteiger partial charge in [0.1, 0.15) is 12.6 Å². The van der Waals surface area contributed by atoms with Crippen LogP contribution in [0.25, 0.3) is 0 Å². The molecule has 2 N–H and O–H groups in total. The van der Waals surface area contributed by atoms with Gasteiger partial charge in [0.25, 0.3) is 0 Å². The topological polar surface area (TPSA) is 104 Å². The zero-order valence-corrected chi connectivity index (χ0v) is 14.9. The normalized spacial score (nSPS) is 18.5. The smallest absolute Gasteiger partial charge is 0.322 e. The molecule has 1 aliphatic heterocycles. The number of nitrogens with zero attached hydrogens (tertiary/aromatic N) is 1. The van der Waals surface area contributed by atoms with Crippen molar-refractivity contribution in [3.8, 4) is 0 Å². The zero-order chi connectivity index (χ0) is 18.1. The Bertz CT molecular complexity index is 778. The predicted molar refractivity (Wildman–Crippen MR) is 88.5 cm³/mol. The summed E-state index contributed by atoms with van der Waals surface area (Å²) >= 11 is 6.02. The van der Waals surface area contributed by atoms with E-state index in [1.165, 1.54) is 6.07 Å². The molecule has 1 amide bonds. The minimum Gasteiger partial charge on any atom is -0.480 e. The van der Waals surface area contributed by atoms with E-state index in [-0.39, 0.29) is 11.4 Å². The molecule has 0 aromatic heterocycles. The van der Waals surface area contributed by atoms with Crippen molar-refractivity contribution in [3.05, 3.63) is 28.3 Å². The van der Waals surface area contributed by atoms with Crippen LogP contribution in [0, 0.1) is 13.8 Å². The van der Waals surface area contributed by atoms with E-state index in [9.17, 15) is 18.0 Å². The van der Waals surface area contributed by atoms with Crippen molar-refractivity contribution >= 4 is 33.5 Å². The molecule has 132 valence electrons. The van der Waals surface area contributed by atoms with Crippen LogP contribution >= 0.6 is 11.6 Å². The fourth-order valence-electron chi connectivity index (χ4n) is 2.73. The minimum atomic E-state index is -3.87. The van der Waals surface area contributed by atoms with E-state index in [1.807, 2.05) is 0 Å². The monoisotopic (exact) mass is 374 g/mol. The van der Waals surface area contributed by atoms with E-state index in [4.69, 9.17) is 16.7 Å². The minimum absolute atomic E-state index is 0.113. The van der Waals surface area contributed by atoms with Crippen molar-refractivity contribution in [1.29, 1.82) is 0 Å². The maximum absolute atomic E-state index is 13.0. The Hall–Kier alpha value is -1.64. The number of rotatable bonds is 5. The summed E-state index contributed by atoms with van der Waals surface area (Å²) in [5.41, 5.74) is 1.13. The average molecular weight is 375 g/mol. The lowest BCUT2D eigenvalue weighted by Gasteiger charge is -2.24. The van der Waals surface area contributed by atoms with Crippen LogP contribution in [0.15, 0.2) is 17.0 Å². The van der Waals surface area contributed by atoms with E-state index in [2.05, 4.69) is 5.32 Å². The molecular formula is C15H19ClN2O5S. The molecule has 0 saturated carbocycles. The molecule has 2 rings (SSSR count). The van der Waals surface area contributed by atoms with E-state index in [1.54, 1.807) is 19.9 Å². The number of nitrogens with one attached hydrogen (secondary N) is 1. The van der Waals surface area contributed by atoms with Crippen LogP contribution in [-0.4, -0.2) is 48.8 Å². The first kappa shape index (κ1) is 18.7. The Morgan fingerprint density at radius 3 is 2.62 bits per heavy atom. The van der Waals surface area contributed by atoms with Gasteiger partial charge in [-0.15, -0.1) is 0 Å². The predicted octanol–water partition coefficient (Wildman–Crippen LogP) is 1.31. The Labute approximate surface area is 145 Å². The fourth-order valence-corrected chi connectivity index (χ4v) is 4.90. The second-order valence-electron chi connectivity index (χ2n) is 5.75. The Morgan fingerprint density at radius 2 is 2.00 bits per heavy atom. The summed E-state index contributed by atoms with van der Waals surface area (Å²) in [6.45, 7) is 3.03. The zero-order valence-electron chi connectivity index (χ0n) is 13.4. The van der Waals surface area contributed by atoms with Gasteiger partial charge < -0.3 is 10.4 Å². The highest BCUT2D eigenvalue weighted by molar-refractivity contribution is 7.89. The molecule has 1 heterocycles. The number of carbonyl (C=O) groups is 2. The highest BCUT2D eigenvalue weighted by Gasteiger charge is 2.40. The number of carbonyl (C=O) groups excluding carboxylic acids is 1. The number of aryl methyl sites for hydroxylation is 2. The summed E-state index contributed by atoms with van der Waals surface area (Å²) in [7, 11) is -3.87. The van der Waals surface area contributed by atoms with Gasteiger partial charge in [0.15, 0.2) is 0 Å². The van der Waals surface area contributed by atoms with Crippen molar-refractivity contribution in [2.45, 2.75) is 37.6 Å². The molecule has 1 aromatic rings. The number of carboxylic acid groups (broad SMARTS) is 1. The number of sulfonamides is 1. The summed E-state index contributed by atoms with van der Waals surface area (Å²) in [6, 6.07) is 2.18. The molecule has 0 spiro atoms. The third-order valence-corrected chi connectivity index (χ3v) is 6.42. The lowest BCUT2D eigenvalue weighted by molar-refractivity contribution is -0.138. The molecular weight excluding hydrogens is 356 g/mol. The number of aliphatic carboxylic acids is 1. The lowest BCUT2D eigenvalue weighted by Crippen LogP contribution is -2.47. The second kappa shape index (κ2) is 7.08. The Balaban J connectivity index is 2.33. The number of hydrogen-bond donors (Lipinski definition) is 2. The third kappa shape index (κ3) is 3.71. The summed E-state index contributed by atoms with van der Waals surface area (Å²) in [5.74, 6) is -1.78. The molecule has 1 atom stereocenters. The summed E-state index contributed by atoms with van der Waals surface area (Å²) in [5, 5.41) is 11.4. The number of halogens is 1. The van der Waals surface area contributed by atoms with Crippen LogP contribution < -0.4 is 5.32 Å². The average Bonchev–Trinajstić information content (AvgIpc) is 2.98. The lowest BCUT2D eigenvalue weighted by atomic mass is 10.2. The fraction of sp³-hybridized carbons (Fsp3) is 0.467. The second-order valence-corrected chi connectivity index (χ2v) is 8.02. The SMILES string of the molecule is Cc1cc(S(=O)(=O)N2CCCC2C(=O)NCC(=O)O)c(C)cc1Cl. The first-order valence-corrected chi connectivity index (χ1v) is 9.24. The highest BCUT2D eigenvalue weighted by atomic mass is 35.5. The number of hydrogen-bond acceptors (Lipinski definition) is 4. The molecule has 1 aliphatic rings. The number of benzene rings is 1. The number of amides is 1. The molecule has 1 saturated heterocycles. The molecule has 1 unspecified atom stereocenters. The Kier molecular flexibility index (Phi) is 5.52. The first-order chi connectivity index (χ1) is 11.1. The highest BCUT2D eigenvalue weighted by Crippen LogP contribution is 2.30. The van der Waals surface area contributed by atoms with Gasteiger partial charge in [-0.25, -0.2) is 8.42 Å². The largest absolute Gasteiger partial charge is 0.480 e. The van der Waals surface area contributed by atoms with E-state index >= 15 is 0 Å². The van der Waals surface area contributed by atoms with Gasteiger partial charge in [-0.05, 0) is 49.9 Å². The summed E-state index contributed by atoms with van der Waals surface area (Å²) < 4.78 is 27.1. The maximum atomic E-state index is 13.0. The van der Waals surface area contributed by atoms with Crippen LogP contribution in [0.2, 0.25) is 5.02 Å².